The Labute approximate surface area is 125 Å². The van der Waals surface area contributed by atoms with Crippen molar-refractivity contribution in [2.24, 2.45) is 0 Å². The van der Waals surface area contributed by atoms with E-state index in [4.69, 9.17) is 4.74 Å². The molecule has 5 heteroatoms. The second kappa shape index (κ2) is 6.41. The highest BCUT2D eigenvalue weighted by molar-refractivity contribution is 7.15. The highest BCUT2D eigenvalue weighted by Crippen LogP contribution is 2.35. The number of thiazole rings is 1. The van der Waals surface area contributed by atoms with Crippen LogP contribution in [0.5, 0.6) is 0 Å². The normalized spacial score (nSPS) is 23.6. The maximum Gasteiger partial charge on any atom is 0.182 e. The molecule has 4 nitrogen and oxygen atoms in total. The lowest BCUT2D eigenvalue weighted by molar-refractivity contribution is -0.0318. The van der Waals surface area contributed by atoms with Crippen molar-refractivity contribution in [2.45, 2.75) is 44.6 Å². The lowest BCUT2D eigenvalue weighted by atomic mass is 9.80. The molecule has 0 bridgehead atoms. The van der Waals surface area contributed by atoms with E-state index in [1.807, 2.05) is 6.20 Å². The minimum atomic E-state index is 0.321. The number of rotatable bonds is 4. The van der Waals surface area contributed by atoms with Gasteiger partial charge in [-0.15, -0.1) is 11.3 Å². The fraction of sp³-hybridized carbons (Fsp3) is 0.800. The van der Waals surface area contributed by atoms with Crippen molar-refractivity contribution in [1.82, 2.24) is 9.88 Å². The zero-order valence-corrected chi connectivity index (χ0v) is 13.2. The van der Waals surface area contributed by atoms with Crippen molar-refractivity contribution in [1.29, 1.82) is 0 Å². The number of aromatic nitrogens is 1. The molecule has 112 valence electrons. The van der Waals surface area contributed by atoms with Crippen LogP contribution in [-0.2, 0) is 4.74 Å². The largest absolute Gasteiger partial charge is 0.379 e. The van der Waals surface area contributed by atoms with Gasteiger partial charge in [0.25, 0.3) is 0 Å². The molecule has 20 heavy (non-hydrogen) atoms. The summed E-state index contributed by atoms with van der Waals surface area (Å²) in [7, 11) is 0. The maximum atomic E-state index is 5.53. The van der Waals surface area contributed by atoms with E-state index in [-0.39, 0.29) is 0 Å². The van der Waals surface area contributed by atoms with E-state index in [2.05, 4.69) is 22.1 Å². The van der Waals surface area contributed by atoms with Gasteiger partial charge in [0.15, 0.2) is 5.13 Å². The second-order valence-electron chi connectivity index (χ2n) is 6.01. The molecule has 1 aliphatic heterocycles. The Morgan fingerprint density at radius 2 is 2.05 bits per heavy atom. The van der Waals surface area contributed by atoms with Gasteiger partial charge in [0.05, 0.1) is 13.2 Å². The van der Waals surface area contributed by atoms with Gasteiger partial charge in [0, 0.05) is 36.2 Å². The number of ether oxygens (including phenoxy) is 1. The van der Waals surface area contributed by atoms with Gasteiger partial charge >= 0.3 is 0 Å². The molecule has 2 aliphatic rings. The fourth-order valence-corrected chi connectivity index (χ4v) is 4.19. The molecule has 3 rings (SSSR count). The standard InChI is InChI=1S/C15H25N3OS/c1-13-11-16-14(20-13)17-12-15(5-3-2-4-6-15)18-7-9-19-10-8-18/h11H,2-10,12H2,1H3,(H,16,17). The Kier molecular flexibility index (Phi) is 4.58. The third-order valence-electron chi connectivity index (χ3n) is 4.66. The number of hydrogen-bond donors (Lipinski definition) is 1. The van der Waals surface area contributed by atoms with Gasteiger partial charge in [-0.2, -0.15) is 0 Å². The third kappa shape index (κ3) is 3.15. The summed E-state index contributed by atoms with van der Waals surface area (Å²) in [6.07, 6.45) is 8.68. The Hall–Kier alpha value is -0.650. The molecule has 0 unspecified atom stereocenters. The van der Waals surface area contributed by atoms with E-state index < -0.39 is 0 Å². The first-order chi connectivity index (χ1) is 9.78. The summed E-state index contributed by atoms with van der Waals surface area (Å²) in [4.78, 5) is 8.38. The topological polar surface area (TPSA) is 37.4 Å². The number of aryl methyl sites for hydroxylation is 1. The highest BCUT2D eigenvalue weighted by atomic mass is 32.1. The predicted molar refractivity (Wildman–Crippen MR) is 83.5 cm³/mol. The molecule has 1 aliphatic carbocycles. The van der Waals surface area contributed by atoms with Gasteiger partial charge in [-0.1, -0.05) is 19.3 Å². The van der Waals surface area contributed by atoms with E-state index >= 15 is 0 Å². The summed E-state index contributed by atoms with van der Waals surface area (Å²) >= 11 is 1.76. The monoisotopic (exact) mass is 295 g/mol. The van der Waals surface area contributed by atoms with Gasteiger partial charge in [0.2, 0.25) is 0 Å². The molecule has 0 atom stereocenters. The number of nitrogens with one attached hydrogen (secondary N) is 1. The van der Waals surface area contributed by atoms with Crippen LogP contribution < -0.4 is 5.32 Å². The molecule has 1 saturated carbocycles. The third-order valence-corrected chi connectivity index (χ3v) is 5.53. The lowest BCUT2D eigenvalue weighted by Gasteiger charge is -2.48. The first-order valence-corrected chi connectivity index (χ1v) is 8.59. The van der Waals surface area contributed by atoms with E-state index in [9.17, 15) is 0 Å². The van der Waals surface area contributed by atoms with E-state index in [0.29, 0.717) is 5.54 Å². The summed E-state index contributed by atoms with van der Waals surface area (Å²) in [5.74, 6) is 0. The number of morpholine rings is 1. The van der Waals surface area contributed by atoms with Crippen LogP contribution >= 0.6 is 11.3 Å². The van der Waals surface area contributed by atoms with Crippen LogP contribution in [-0.4, -0.2) is 48.3 Å². The lowest BCUT2D eigenvalue weighted by Crippen LogP contribution is -2.57. The van der Waals surface area contributed by atoms with Crippen molar-refractivity contribution < 1.29 is 4.74 Å². The first-order valence-electron chi connectivity index (χ1n) is 7.78. The van der Waals surface area contributed by atoms with E-state index in [0.717, 1.165) is 38.0 Å². The van der Waals surface area contributed by atoms with Gasteiger partial charge < -0.3 is 10.1 Å². The zero-order chi connectivity index (χ0) is 13.8. The molecular weight excluding hydrogens is 270 g/mol. The molecule has 2 fully saturated rings. The highest BCUT2D eigenvalue weighted by Gasteiger charge is 2.38. The molecule has 1 N–H and O–H groups in total. The molecule has 1 aromatic rings. The average Bonchev–Trinajstić information content (AvgIpc) is 2.93. The Bertz CT molecular complexity index is 423. The second-order valence-corrected chi connectivity index (χ2v) is 7.25. The van der Waals surface area contributed by atoms with Crippen molar-refractivity contribution in [3.05, 3.63) is 11.1 Å². The number of nitrogens with zero attached hydrogens (tertiary/aromatic N) is 2. The summed E-state index contributed by atoms with van der Waals surface area (Å²) in [6, 6.07) is 0. The zero-order valence-electron chi connectivity index (χ0n) is 12.4. The quantitative estimate of drug-likeness (QED) is 0.927. The number of anilines is 1. The smallest absolute Gasteiger partial charge is 0.182 e. The van der Waals surface area contributed by atoms with Gasteiger partial charge in [0.1, 0.15) is 0 Å². The Morgan fingerprint density at radius 1 is 1.30 bits per heavy atom. The van der Waals surface area contributed by atoms with Gasteiger partial charge in [-0.3, -0.25) is 4.90 Å². The first kappa shape index (κ1) is 14.3. The average molecular weight is 295 g/mol. The summed E-state index contributed by atoms with van der Waals surface area (Å²) in [5, 5.41) is 4.67. The fourth-order valence-electron chi connectivity index (χ4n) is 3.53. The van der Waals surface area contributed by atoms with Crippen molar-refractivity contribution in [3.63, 3.8) is 0 Å². The molecule has 1 aromatic heterocycles. The Morgan fingerprint density at radius 3 is 2.70 bits per heavy atom. The van der Waals surface area contributed by atoms with Crippen LogP contribution in [0.4, 0.5) is 5.13 Å². The van der Waals surface area contributed by atoms with Crippen LogP contribution in [0.25, 0.3) is 0 Å². The summed E-state index contributed by atoms with van der Waals surface area (Å²) in [5.41, 5.74) is 0.321. The van der Waals surface area contributed by atoms with E-state index in [1.165, 1.54) is 37.0 Å². The maximum absolute atomic E-state index is 5.53. The number of hydrogen-bond acceptors (Lipinski definition) is 5. The van der Waals surface area contributed by atoms with Crippen molar-refractivity contribution >= 4 is 16.5 Å². The minimum absolute atomic E-state index is 0.321. The summed E-state index contributed by atoms with van der Waals surface area (Å²) < 4.78 is 5.53. The minimum Gasteiger partial charge on any atom is -0.379 e. The van der Waals surface area contributed by atoms with Crippen molar-refractivity contribution in [3.8, 4) is 0 Å². The molecule has 1 saturated heterocycles. The molecule has 2 heterocycles. The van der Waals surface area contributed by atoms with Crippen LogP contribution in [0.2, 0.25) is 0 Å². The van der Waals surface area contributed by atoms with Crippen LogP contribution in [0.15, 0.2) is 6.20 Å². The van der Waals surface area contributed by atoms with Crippen molar-refractivity contribution in [2.75, 3.05) is 38.2 Å². The molecular formula is C15H25N3OS. The van der Waals surface area contributed by atoms with Crippen LogP contribution in [0.1, 0.15) is 37.0 Å². The Balaban J connectivity index is 1.68. The van der Waals surface area contributed by atoms with E-state index in [1.54, 1.807) is 11.3 Å². The molecule has 0 amide bonds. The molecule has 0 radical (unpaired) electrons. The van der Waals surface area contributed by atoms with Gasteiger partial charge in [-0.05, 0) is 19.8 Å². The predicted octanol–water partition coefficient (Wildman–Crippen LogP) is 2.90. The van der Waals surface area contributed by atoms with Crippen LogP contribution in [0, 0.1) is 6.92 Å². The SMILES string of the molecule is Cc1cnc(NCC2(N3CCOCC3)CCCCC2)s1. The summed E-state index contributed by atoms with van der Waals surface area (Å²) in [6.45, 7) is 7.08. The molecule has 0 aromatic carbocycles. The van der Waals surface area contributed by atoms with Gasteiger partial charge in [-0.25, -0.2) is 4.98 Å². The molecule has 0 spiro atoms. The van der Waals surface area contributed by atoms with Crippen LogP contribution in [0.3, 0.4) is 0 Å².